The van der Waals surface area contributed by atoms with Gasteiger partial charge in [-0.3, -0.25) is 10.4 Å². The third-order valence-electron chi connectivity index (χ3n) is 5.45. The van der Waals surface area contributed by atoms with Crippen LogP contribution in [0.2, 0.25) is 0 Å². The molecule has 0 unspecified atom stereocenters. The Labute approximate surface area is 202 Å². The molecule has 0 aliphatic rings. The molecular weight excluding hydrogens is 444 g/mol. The number of hydrogen-bond donors (Lipinski definition) is 3. The van der Waals surface area contributed by atoms with Crippen molar-refractivity contribution in [2.75, 3.05) is 23.2 Å². The van der Waals surface area contributed by atoms with E-state index in [1.54, 1.807) is 33.6 Å². The van der Waals surface area contributed by atoms with Crippen molar-refractivity contribution in [3.63, 3.8) is 0 Å². The molecule has 35 heavy (non-hydrogen) atoms. The van der Waals surface area contributed by atoms with Crippen LogP contribution in [0.4, 0.5) is 17.3 Å². The van der Waals surface area contributed by atoms with E-state index in [0.717, 1.165) is 5.69 Å². The molecule has 0 atom stereocenters. The molecule has 0 fully saturated rings. The lowest BCUT2D eigenvalue weighted by atomic mass is 9.91. The molecule has 0 aliphatic heterocycles. The summed E-state index contributed by atoms with van der Waals surface area (Å²) in [5.74, 6) is -0.127. The van der Waals surface area contributed by atoms with Crippen LogP contribution < -0.4 is 16.2 Å². The van der Waals surface area contributed by atoms with Crippen molar-refractivity contribution >= 4 is 23.3 Å². The van der Waals surface area contributed by atoms with Crippen LogP contribution in [0, 0.1) is 11.3 Å². The maximum absolute atomic E-state index is 11.2. The van der Waals surface area contributed by atoms with Crippen molar-refractivity contribution < 1.29 is 9.90 Å². The number of nitrogens with two attached hydrogens (primary N) is 1. The molecule has 0 spiro atoms. The Kier molecular flexibility index (Phi) is 5.93. The number of nitriles is 1. The van der Waals surface area contributed by atoms with E-state index < -0.39 is 5.97 Å². The molecule has 0 saturated heterocycles. The number of carboxylic acids is 1. The van der Waals surface area contributed by atoms with Crippen LogP contribution in [0.1, 0.15) is 42.4 Å². The maximum Gasteiger partial charge on any atom is 0.335 e. The minimum Gasteiger partial charge on any atom is -0.478 e. The van der Waals surface area contributed by atoms with Gasteiger partial charge in [0.25, 0.3) is 0 Å². The quantitative estimate of drug-likeness (QED) is 0.360. The van der Waals surface area contributed by atoms with Crippen molar-refractivity contribution in [3.05, 3.63) is 77.6 Å². The lowest BCUT2D eigenvalue weighted by Crippen LogP contribution is -2.29. The van der Waals surface area contributed by atoms with Gasteiger partial charge in [-0.05, 0) is 36.4 Å². The summed E-state index contributed by atoms with van der Waals surface area (Å²) in [5.41, 5.74) is 12.8. The van der Waals surface area contributed by atoms with Crippen LogP contribution in [0.5, 0.6) is 0 Å². The number of carboxylic acid groups (broad SMARTS) is 1. The Morgan fingerprint density at radius 1 is 1.09 bits per heavy atom. The third-order valence-corrected chi connectivity index (χ3v) is 5.45. The van der Waals surface area contributed by atoms with E-state index in [4.69, 9.17) is 10.8 Å². The van der Waals surface area contributed by atoms with Crippen molar-refractivity contribution in [1.82, 2.24) is 19.6 Å². The van der Waals surface area contributed by atoms with Crippen molar-refractivity contribution in [3.8, 4) is 17.4 Å². The van der Waals surface area contributed by atoms with Crippen LogP contribution in [0.25, 0.3) is 11.4 Å². The molecule has 2 aromatic heterocycles. The topological polar surface area (TPSA) is 138 Å². The first-order valence-corrected chi connectivity index (χ1v) is 10.9. The number of nitrogens with one attached hydrogen (secondary N) is 1. The molecule has 10 nitrogen and oxygen atoms in total. The van der Waals surface area contributed by atoms with Crippen LogP contribution in [0.3, 0.4) is 0 Å². The van der Waals surface area contributed by atoms with Crippen molar-refractivity contribution in [2.45, 2.75) is 26.2 Å². The number of anilines is 3. The molecule has 0 amide bonds. The molecule has 0 aliphatic carbocycles. The number of nitrogen functional groups attached to an aromatic ring is 1. The van der Waals surface area contributed by atoms with Gasteiger partial charge in [0.05, 0.1) is 28.8 Å². The minimum absolute atomic E-state index is 0.173. The number of para-hydroxylation sites is 1. The number of hydrazine groups is 1. The Morgan fingerprint density at radius 3 is 2.29 bits per heavy atom. The highest BCUT2D eigenvalue weighted by atomic mass is 16.4. The summed E-state index contributed by atoms with van der Waals surface area (Å²) >= 11 is 0. The molecule has 10 heteroatoms. The Morgan fingerprint density at radius 2 is 1.71 bits per heavy atom. The largest absolute Gasteiger partial charge is 0.478 e. The summed E-state index contributed by atoms with van der Waals surface area (Å²) < 4.78 is 3.25. The molecule has 4 N–H and O–H groups in total. The van der Waals surface area contributed by atoms with Gasteiger partial charge >= 0.3 is 5.97 Å². The number of hydrogen-bond acceptors (Lipinski definition) is 7. The van der Waals surface area contributed by atoms with Gasteiger partial charge < -0.3 is 10.8 Å². The lowest BCUT2D eigenvalue weighted by molar-refractivity contribution is 0.0697. The monoisotopic (exact) mass is 470 g/mol. The zero-order valence-corrected chi connectivity index (χ0v) is 19.9. The van der Waals surface area contributed by atoms with Crippen LogP contribution in [0.15, 0.2) is 60.8 Å². The summed E-state index contributed by atoms with van der Waals surface area (Å²) in [6.45, 7) is 6.06. The number of nitrogens with zero attached hydrogens (tertiary/aromatic N) is 6. The van der Waals surface area contributed by atoms with E-state index in [2.05, 4.69) is 16.6 Å². The standard InChI is InChI=1S/C25H26N8O2/c1-25(2,3)21-20(22(27)32(30-21)19-12-10-16(11-13-19)24(34)35)29-31(4)23-17(14-26)15-28-33(23)18-8-6-5-7-9-18/h5-13,15,29H,27H2,1-4H3,(H,34,35). The van der Waals surface area contributed by atoms with E-state index in [1.807, 2.05) is 51.1 Å². The first-order valence-electron chi connectivity index (χ1n) is 10.9. The number of benzene rings is 2. The number of rotatable bonds is 6. The van der Waals surface area contributed by atoms with Gasteiger partial charge in [-0.25, -0.2) is 14.2 Å². The van der Waals surface area contributed by atoms with Gasteiger partial charge in [0.2, 0.25) is 0 Å². The second kappa shape index (κ2) is 8.87. The normalized spacial score (nSPS) is 11.2. The number of aromatic nitrogens is 4. The predicted octanol–water partition coefficient (Wildman–Crippen LogP) is 3.97. The smallest absolute Gasteiger partial charge is 0.335 e. The van der Waals surface area contributed by atoms with Gasteiger partial charge in [0.15, 0.2) is 11.6 Å². The highest BCUT2D eigenvalue weighted by Gasteiger charge is 2.28. The number of carbonyl (C=O) groups is 1. The Balaban J connectivity index is 1.78. The van der Waals surface area contributed by atoms with E-state index >= 15 is 0 Å². The SMILES string of the molecule is CN(Nc1c(C(C)(C)C)nn(-c2ccc(C(=O)O)cc2)c1N)c1c(C#N)cnn1-c1ccccc1. The fourth-order valence-corrected chi connectivity index (χ4v) is 3.73. The highest BCUT2D eigenvalue weighted by Crippen LogP contribution is 2.36. The van der Waals surface area contributed by atoms with Crippen LogP contribution in [-0.2, 0) is 5.41 Å². The Bertz CT molecular complexity index is 1410. The molecule has 0 saturated carbocycles. The fraction of sp³-hybridized carbons (Fsp3) is 0.200. The molecule has 0 bridgehead atoms. The molecule has 4 aromatic rings. The van der Waals surface area contributed by atoms with E-state index in [9.17, 15) is 15.2 Å². The highest BCUT2D eigenvalue weighted by molar-refractivity contribution is 5.87. The zero-order valence-electron chi connectivity index (χ0n) is 19.9. The summed E-state index contributed by atoms with van der Waals surface area (Å²) in [7, 11) is 1.78. The lowest BCUT2D eigenvalue weighted by Gasteiger charge is -2.25. The van der Waals surface area contributed by atoms with Crippen molar-refractivity contribution in [2.24, 2.45) is 0 Å². The van der Waals surface area contributed by atoms with Crippen molar-refractivity contribution in [1.29, 1.82) is 5.26 Å². The fourth-order valence-electron chi connectivity index (χ4n) is 3.73. The first kappa shape index (κ1) is 23.4. The second-order valence-corrected chi connectivity index (χ2v) is 9.03. The third kappa shape index (κ3) is 4.39. The van der Waals surface area contributed by atoms with Gasteiger partial charge in [0.1, 0.15) is 17.3 Å². The van der Waals surface area contributed by atoms with E-state index in [0.29, 0.717) is 34.3 Å². The molecule has 178 valence electrons. The van der Waals surface area contributed by atoms with E-state index in [-0.39, 0.29) is 11.0 Å². The minimum atomic E-state index is -1.01. The zero-order chi connectivity index (χ0) is 25.3. The van der Waals surface area contributed by atoms with Gasteiger partial charge in [-0.1, -0.05) is 39.0 Å². The van der Waals surface area contributed by atoms with Crippen LogP contribution in [-0.4, -0.2) is 37.7 Å². The average molecular weight is 471 g/mol. The maximum atomic E-state index is 11.2. The first-order chi connectivity index (χ1) is 16.6. The molecule has 4 rings (SSSR count). The molecule has 0 radical (unpaired) electrons. The predicted molar refractivity (Wildman–Crippen MR) is 134 cm³/mol. The molecule has 2 heterocycles. The summed E-state index contributed by atoms with van der Waals surface area (Å²) in [6, 6.07) is 18.0. The van der Waals surface area contributed by atoms with Gasteiger partial charge in [-0.2, -0.15) is 15.5 Å². The average Bonchev–Trinajstić information content (AvgIpc) is 3.41. The Hall–Kier alpha value is -4.78. The summed E-state index contributed by atoms with van der Waals surface area (Å²) in [6.07, 6.45) is 1.52. The van der Waals surface area contributed by atoms with E-state index in [1.165, 1.54) is 18.3 Å². The number of aromatic carboxylic acids is 1. The molecular formula is C25H26N8O2. The summed E-state index contributed by atoms with van der Waals surface area (Å²) in [5, 5.41) is 29.8. The van der Waals surface area contributed by atoms with Gasteiger partial charge in [-0.15, -0.1) is 0 Å². The second-order valence-electron chi connectivity index (χ2n) is 9.03. The van der Waals surface area contributed by atoms with Crippen LogP contribution >= 0.6 is 0 Å². The van der Waals surface area contributed by atoms with Gasteiger partial charge in [0, 0.05) is 12.5 Å². The summed E-state index contributed by atoms with van der Waals surface area (Å²) in [4.78, 5) is 11.2. The molecule has 2 aromatic carbocycles.